The largest absolute Gasteiger partial charge is 0.398 e. The first kappa shape index (κ1) is 11.4. The van der Waals surface area contributed by atoms with E-state index in [1.807, 2.05) is 0 Å². The minimum atomic E-state index is -1.07. The highest BCUT2D eigenvalue weighted by Crippen LogP contribution is 2.18. The minimum Gasteiger partial charge on any atom is -0.398 e. The second kappa shape index (κ2) is 4.25. The topological polar surface area (TPSA) is 46.3 Å². The van der Waals surface area contributed by atoms with Crippen molar-refractivity contribution in [3.63, 3.8) is 0 Å². The summed E-state index contributed by atoms with van der Waals surface area (Å²) in [6.07, 6.45) is 0. The highest BCUT2D eigenvalue weighted by Gasteiger charge is 2.16. The number of carbonyl (C=O) groups excluding carboxylic acids is 1. The van der Waals surface area contributed by atoms with Gasteiger partial charge in [0.1, 0.15) is 0 Å². The van der Waals surface area contributed by atoms with E-state index in [4.69, 9.17) is 5.73 Å². The molecular formula is C10H12F2N2O. The molecule has 0 aliphatic carbocycles. The van der Waals surface area contributed by atoms with Gasteiger partial charge in [0.25, 0.3) is 5.91 Å². The van der Waals surface area contributed by atoms with Crippen molar-refractivity contribution in [2.75, 3.05) is 19.3 Å². The molecule has 82 valence electrons. The predicted molar refractivity (Wildman–Crippen MR) is 53.4 cm³/mol. The Bertz CT molecular complexity index is 393. The number of rotatable bonds is 2. The van der Waals surface area contributed by atoms with Crippen LogP contribution in [0.15, 0.2) is 12.1 Å². The first-order chi connectivity index (χ1) is 6.97. The van der Waals surface area contributed by atoms with Gasteiger partial charge in [-0.1, -0.05) is 0 Å². The summed E-state index contributed by atoms with van der Waals surface area (Å²) < 4.78 is 25.6. The Morgan fingerprint density at radius 3 is 2.47 bits per heavy atom. The predicted octanol–water partition coefficient (Wildman–Crippen LogP) is 1.64. The van der Waals surface area contributed by atoms with Crippen LogP contribution in [0.4, 0.5) is 14.5 Å². The van der Waals surface area contributed by atoms with Crippen molar-refractivity contribution in [1.29, 1.82) is 0 Å². The van der Waals surface area contributed by atoms with Crippen LogP contribution in [-0.4, -0.2) is 24.4 Å². The van der Waals surface area contributed by atoms with Crippen LogP contribution in [0.3, 0.4) is 0 Å². The van der Waals surface area contributed by atoms with Gasteiger partial charge in [0.2, 0.25) is 0 Å². The molecule has 1 amide bonds. The van der Waals surface area contributed by atoms with Crippen molar-refractivity contribution < 1.29 is 13.6 Å². The van der Waals surface area contributed by atoms with E-state index in [-0.39, 0.29) is 11.3 Å². The fourth-order valence-electron chi connectivity index (χ4n) is 1.10. The number of carbonyl (C=O) groups is 1. The summed E-state index contributed by atoms with van der Waals surface area (Å²) >= 11 is 0. The molecule has 0 atom stereocenters. The molecule has 0 spiro atoms. The Morgan fingerprint density at radius 1 is 1.40 bits per heavy atom. The van der Waals surface area contributed by atoms with Gasteiger partial charge in [0, 0.05) is 25.3 Å². The molecule has 0 heterocycles. The zero-order valence-corrected chi connectivity index (χ0v) is 8.55. The maximum atomic E-state index is 12.9. The number of nitrogens with two attached hydrogens (primary N) is 1. The van der Waals surface area contributed by atoms with Crippen LogP contribution in [0, 0.1) is 11.6 Å². The molecule has 0 saturated carbocycles. The first-order valence-electron chi connectivity index (χ1n) is 4.47. The number of halogens is 2. The Hall–Kier alpha value is -1.65. The van der Waals surface area contributed by atoms with Crippen molar-refractivity contribution >= 4 is 11.6 Å². The highest BCUT2D eigenvalue weighted by atomic mass is 19.2. The summed E-state index contributed by atoms with van der Waals surface area (Å²) in [7, 11) is 1.56. The minimum absolute atomic E-state index is 0.0155. The summed E-state index contributed by atoms with van der Waals surface area (Å²) in [5.74, 6) is -2.55. The van der Waals surface area contributed by atoms with Gasteiger partial charge < -0.3 is 10.6 Å². The molecule has 0 aliphatic rings. The van der Waals surface area contributed by atoms with E-state index in [2.05, 4.69) is 0 Å². The molecule has 3 nitrogen and oxygen atoms in total. The van der Waals surface area contributed by atoms with E-state index < -0.39 is 17.5 Å². The summed E-state index contributed by atoms with van der Waals surface area (Å²) in [4.78, 5) is 13.0. The Balaban J connectivity index is 3.15. The van der Waals surface area contributed by atoms with Gasteiger partial charge in [-0.2, -0.15) is 0 Å². The average molecular weight is 214 g/mol. The molecule has 2 N–H and O–H groups in total. The molecule has 1 aromatic rings. The standard InChI is InChI=1S/C10H12F2N2O/c1-3-14(2)10(15)6-4-7(11)8(12)5-9(6)13/h4-5H,3,13H2,1-2H3. The van der Waals surface area contributed by atoms with Crippen molar-refractivity contribution in [3.8, 4) is 0 Å². The summed E-state index contributed by atoms with van der Waals surface area (Å²) in [5.41, 5.74) is 5.36. The van der Waals surface area contributed by atoms with Crippen molar-refractivity contribution in [3.05, 3.63) is 29.3 Å². The molecular weight excluding hydrogens is 202 g/mol. The summed E-state index contributed by atoms with van der Waals surface area (Å²) in [5, 5.41) is 0. The first-order valence-corrected chi connectivity index (χ1v) is 4.47. The normalized spacial score (nSPS) is 10.1. The lowest BCUT2D eigenvalue weighted by Crippen LogP contribution is -2.27. The fourth-order valence-corrected chi connectivity index (χ4v) is 1.10. The van der Waals surface area contributed by atoms with Crippen LogP contribution < -0.4 is 5.73 Å². The van der Waals surface area contributed by atoms with Gasteiger partial charge >= 0.3 is 0 Å². The number of hydrogen-bond acceptors (Lipinski definition) is 2. The number of nitrogen functional groups attached to an aromatic ring is 1. The van der Waals surface area contributed by atoms with Gasteiger partial charge in [-0.3, -0.25) is 4.79 Å². The number of benzene rings is 1. The maximum Gasteiger partial charge on any atom is 0.255 e. The second-order valence-corrected chi connectivity index (χ2v) is 3.17. The third-order valence-electron chi connectivity index (χ3n) is 2.14. The third-order valence-corrected chi connectivity index (χ3v) is 2.14. The van der Waals surface area contributed by atoms with Gasteiger partial charge in [-0.15, -0.1) is 0 Å². The van der Waals surface area contributed by atoms with Crippen LogP contribution in [0.5, 0.6) is 0 Å². The lowest BCUT2D eigenvalue weighted by atomic mass is 10.1. The van der Waals surface area contributed by atoms with E-state index in [1.165, 1.54) is 4.90 Å². The number of anilines is 1. The van der Waals surface area contributed by atoms with Crippen LogP contribution >= 0.6 is 0 Å². The van der Waals surface area contributed by atoms with Gasteiger partial charge in [0.05, 0.1) is 5.56 Å². The highest BCUT2D eigenvalue weighted by molar-refractivity contribution is 5.98. The molecule has 0 saturated heterocycles. The van der Waals surface area contributed by atoms with Crippen molar-refractivity contribution in [2.45, 2.75) is 6.92 Å². The zero-order valence-electron chi connectivity index (χ0n) is 8.55. The Labute approximate surface area is 86.5 Å². The molecule has 0 bridgehead atoms. The lowest BCUT2D eigenvalue weighted by Gasteiger charge is -2.15. The number of nitrogens with zero attached hydrogens (tertiary/aromatic N) is 1. The smallest absolute Gasteiger partial charge is 0.255 e. The summed E-state index contributed by atoms with van der Waals surface area (Å²) in [6, 6.07) is 1.63. The van der Waals surface area contributed by atoms with Gasteiger partial charge in [-0.25, -0.2) is 8.78 Å². The quantitative estimate of drug-likeness (QED) is 0.761. The third kappa shape index (κ3) is 2.23. The second-order valence-electron chi connectivity index (χ2n) is 3.17. The maximum absolute atomic E-state index is 12.9. The van der Waals surface area contributed by atoms with E-state index in [1.54, 1.807) is 14.0 Å². The van der Waals surface area contributed by atoms with Crippen molar-refractivity contribution in [2.24, 2.45) is 0 Å². The monoisotopic (exact) mass is 214 g/mol. The molecule has 0 aliphatic heterocycles. The van der Waals surface area contributed by atoms with E-state index in [0.29, 0.717) is 6.54 Å². The molecule has 0 fully saturated rings. The summed E-state index contributed by atoms with van der Waals surface area (Å²) in [6.45, 7) is 2.24. The average Bonchev–Trinajstić information content (AvgIpc) is 2.21. The van der Waals surface area contributed by atoms with Gasteiger partial charge in [0.15, 0.2) is 11.6 Å². The zero-order chi connectivity index (χ0) is 11.6. The molecule has 0 aromatic heterocycles. The van der Waals surface area contributed by atoms with E-state index in [9.17, 15) is 13.6 Å². The molecule has 1 rings (SSSR count). The SMILES string of the molecule is CCN(C)C(=O)c1cc(F)c(F)cc1N. The van der Waals surface area contributed by atoms with Crippen LogP contribution in [0.25, 0.3) is 0 Å². The van der Waals surface area contributed by atoms with Crippen molar-refractivity contribution in [1.82, 2.24) is 4.90 Å². The van der Waals surface area contributed by atoms with Crippen LogP contribution in [0.1, 0.15) is 17.3 Å². The Morgan fingerprint density at radius 2 is 1.93 bits per heavy atom. The molecule has 15 heavy (non-hydrogen) atoms. The fraction of sp³-hybridized carbons (Fsp3) is 0.300. The molecule has 1 aromatic carbocycles. The van der Waals surface area contributed by atoms with E-state index >= 15 is 0 Å². The number of hydrogen-bond donors (Lipinski definition) is 1. The van der Waals surface area contributed by atoms with Crippen LogP contribution in [-0.2, 0) is 0 Å². The van der Waals surface area contributed by atoms with Crippen LogP contribution in [0.2, 0.25) is 0 Å². The molecule has 0 radical (unpaired) electrons. The lowest BCUT2D eigenvalue weighted by molar-refractivity contribution is 0.0803. The Kier molecular flexibility index (Phi) is 3.24. The van der Waals surface area contributed by atoms with Gasteiger partial charge in [-0.05, 0) is 13.0 Å². The molecule has 5 heteroatoms. The van der Waals surface area contributed by atoms with E-state index in [0.717, 1.165) is 12.1 Å². The number of amides is 1. The molecule has 0 unspecified atom stereocenters.